The van der Waals surface area contributed by atoms with Crippen molar-refractivity contribution in [1.82, 2.24) is 16.0 Å². The molecule has 0 saturated heterocycles. The molecule has 0 aromatic heterocycles. The molecular weight excluding hydrogens is 482 g/mol. The number of benzene rings is 2. The fourth-order valence-corrected chi connectivity index (χ4v) is 3.44. The van der Waals surface area contributed by atoms with Crippen LogP contribution in [0, 0.1) is 0 Å². The molecule has 4 atom stereocenters. The van der Waals surface area contributed by atoms with Crippen LogP contribution in [0.25, 0.3) is 0 Å². The fourth-order valence-electron chi connectivity index (χ4n) is 3.44. The molecule has 0 spiro atoms. The van der Waals surface area contributed by atoms with E-state index in [1.54, 1.807) is 54.6 Å². The number of carbonyl (C=O) groups is 5. The van der Waals surface area contributed by atoms with E-state index in [2.05, 4.69) is 16.0 Å². The van der Waals surface area contributed by atoms with Gasteiger partial charge in [-0.05, 0) is 17.5 Å². The van der Waals surface area contributed by atoms with E-state index in [-0.39, 0.29) is 12.8 Å². The number of hydrogen-bond acceptors (Lipinski definition) is 7. The molecule has 0 fully saturated rings. The van der Waals surface area contributed by atoms with Crippen LogP contribution in [-0.4, -0.2) is 70.6 Å². The van der Waals surface area contributed by atoms with Crippen LogP contribution in [0.3, 0.4) is 0 Å². The molecule has 4 unspecified atom stereocenters. The van der Waals surface area contributed by atoms with E-state index in [4.69, 9.17) is 16.6 Å². The van der Waals surface area contributed by atoms with Gasteiger partial charge in [0.15, 0.2) is 0 Å². The molecule has 9 N–H and O–H groups in total. The number of aliphatic carboxylic acids is 1. The van der Waals surface area contributed by atoms with Crippen molar-refractivity contribution in [1.29, 1.82) is 0 Å². The minimum absolute atomic E-state index is 0.0407. The van der Waals surface area contributed by atoms with Gasteiger partial charge in [-0.25, -0.2) is 4.79 Å². The summed E-state index contributed by atoms with van der Waals surface area (Å²) in [5.74, 6) is -4.84. The predicted molar refractivity (Wildman–Crippen MR) is 133 cm³/mol. The summed E-state index contributed by atoms with van der Waals surface area (Å²) in [7, 11) is 0. The van der Waals surface area contributed by atoms with Crippen LogP contribution in [0.1, 0.15) is 17.5 Å². The average molecular weight is 514 g/mol. The van der Waals surface area contributed by atoms with Crippen molar-refractivity contribution in [2.75, 3.05) is 6.61 Å². The van der Waals surface area contributed by atoms with Crippen LogP contribution >= 0.6 is 0 Å². The number of rotatable bonds is 14. The zero-order valence-corrected chi connectivity index (χ0v) is 20.0. The van der Waals surface area contributed by atoms with Crippen LogP contribution in [0.4, 0.5) is 0 Å². The van der Waals surface area contributed by atoms with Crippen LogP contribution in [0.5, 0.6) is 0 Å². The van der Waals surface area contributed by atoms with E-state index in [0.717, 1.165) is 5.56 Å². The number of carbonyl (C=O) groups excluding carboxylic acids is 4. The number of carboxylic acid groups (broad SMARTS) is 1. The summed E-state index contributed by atoms with van der Waals surface area (Å²) in [5.41, 5.74) is 12.7. The second-order valence-corrected chi connectivity index (χ2v) is 8.36. The number of carboxylic acids is 1. The van der Waals surface area contributed by atoms with Crippen molar-refractivity contribution in [3.63, 3.8) is 0 Å². The van der Waals surface area contributed by atoms with Gasteiger partial charge in [-0.3, -0.25) is 19.2 Å². The maximum atomic E-state index is 13.1. The van der Waals surface area contributed by atoms with Crippen molar-refractivity contribution >= 4 is 29.6 Å². The summed E-state index contributed by atoms with van der Waals surface area (Å²) in [6.45, 7) is -0.868. The highest BCUT2D eigenvalue weighted by Gasteiger charge is 2.31. The predicted octanol–water partition coefficient (Wildman–Crippen LogP) is -1.79. The monoisotopic (exact) mass is 513 g/mol. The molecule has 12 heteroatoms. The average Bonchev–Trinajstić information content (AvgIpc) is 2.86. The standard InChI is InChI=1S/C25H31N5O7/c26-17(11-15-7-3-1-4-8-15)22(33)28-19(13-21(27)32)24(35)29-18(12-16-9-5-2-6-10-16)23(34)30-20(14-31)25(36)37/h1-10,17-20,31H,11-14,26H2,(H2,27,32)(H,28,33)(H,29,35)(H,30,34)(H,36,37). The van der Waals surface area contributed by atoms with Gasteiger partial charge in [0.2, 0.25) is 23.6 Å². The summed E-state index contributed by atoms with van der Waals surface area (Å²) in [5, 5.41) is 25.4. The molecule has 0 heterocycles. The van der Waals surface area contributed by atoms with E-state index >= 15 is 0 Å². The Morgan fingerprint density at radius 1 is 0.703 bits per heavy atom. The summed E-state index contributed by atoms with van der Waals surface area (Å²) in [6, 6.07) is 12.1. The maximum Gasteiger partial charge on any atom is 0.328 e. The van der Waals surface area contributed by atoms with Gasteiger partial charge in [0.05, 0.1) is 19.1 Å². The van der Waals surface area contributed by atoms with Gasteiger partial charge in [0, 0.05) is 6.42 Å². The number of aliphatic hydroxyl groups excluding tert-OH is 1. The third kappa shape index (κ3) is 9.70. The van der Waals surface area contributed by atoms with Crippen molar-refractivity contribution in [3.8, 4) is 0 Å². The van der Waals surface area contributed by atoms with Crippen molar-refractivity contribution in [2.24, 2.45) is 11.5 Å². The molecule has 0 radical (unpaired) electrons. The number of hydrogen-bond donors (Lipinski definition) is 7. The minimum atomic E-state index is -1.60. The Hall–Kier alpha value is -4.29. The molecule has 0 aliphatic carbocycles. The lowest BCUT2D eigenvalue weighted by molar-refractivity contribution is -0.143. The summed E-state index contributed by atoms with van der Waals surface area (Å²) in [6.07, 6.45) is -0.432. The van der Waals surface area contributed by atoms with Gasteiger partial charge in [-0.2, -0.15) is 0 Å². The Morgan fingerprint density at radius 2 is 1.16 bits per heavy atom. The lowest BCUT2D eigenvalue weighted by Gasteiger charge is -2.24. The van der Waals surface area contributed by atoms with Crippen molar-refractivity contribution in [2.45, 2.75) is 43.4 Å². The smallest absolute Gasteiger partial charge is 0.328 e. The highest BCUT2D eigenvalue weighted by atomic mass is 16.4. The SMILES string of the molecule is NC(=O)CC(NC(=O)C(N)Cc1ccccc1)C(=O)NC(Cc1ccccc1)C(=O)NC(CO)C(=O)O. The van der Waals surface area contributed by atoms with Gasteiger partial charge in [0.1, 0.15) is 18.1 Å². The largest absolute Gasteiger partial charge is 0.480 e. The normalized spacial score (nSPS) is 13.9. The lowest BCUT2D eigenvalue weighted by atomic mass is 10.0. The molecule has 37 heavy (non-hydrogen) atoms. The first kappa shape index (κ1) is 28.9. The number of amides is 4. The van der Waals surface area contributed by atoms with E-state index < -0.39 is 66.8 Å². The van der Waals surface area contributed by atoms with Gasteiger partial charge >= 0.3 is 5.97 Å². The molecule has 2 aromatic carbocycles. The van der Waals surface area contributed by atoms with Gasteiger partial charge in [-0.15, -0.1) is 0 Å². The molecule has 2 rings (SSSR count). The number of primary amides is 1. The third-order valence-corrected chi connectivity index (χ3v) is 5.39. The highest BCUT2D eigenvalue weighted by molar-refractivity contribution is 5.96. The topological polar surface area (TPSA) is 214 Å². The van der Waals surface area contributed by atoms with E-state index in [1.165, 1.54) is 0 Å². The lowest BCUT2D eigenvalue weighted by Crippen LogP contribution is -2.58. The quantitative estimate of drug-likeness (QED) is 0.153. The van der Waals surface area contributed by atoms with Crippen LogP contribution < -0.4 is 27.4 Å². The summed E-state index contributed by atoms with van der Waals surface area (Å²) < 4.78 is 0. The van der Waals surface area contributed by atoms with Gasteiger partial charge in [-0.1, -0.05) is 60.7 Å². The Kier molecular flexibility index (Phi) is 11.2. The van der Waals surface area contributed by atoms with E-state index in [1.807, 2.05) is 6.07 Å². The molecule has 2 aromatic rings. The Labute approximate surface area is 213 Å². The van der Waals surface area contributed by atoms with Crippen LogP contribution in [0.2, 0.25) is 0 Å². The molecular formula is C25H31N5O7. The van der Waals surface area contributed by atoms with Crippen molar-refractivity contribution < 1.29 is 34.2 Å². The molecule has 198 valence electrons. The first-order valence-corrected chi connectivity index (χ1v) is 11.5. The Balaban J connectivity index is 2.18. The molecule has 0 aliphatic rings. The second-order valence-electron chi connectivity index (χ2n) is 8.36. The van der Waals surface area contributed by atoms with Gasteiger partial charge < -0.3 is 37.6 Å². The second kappa shape index (κ2) is 14.3. The summed E-state index contributed by atoms with van der Waals surface area (Å²) in [4.78, 5) is 61.4. The highest BCUT2D eigenvalue weighted by Crippen LogP contribution is 2.06. The van der Waals surface area contributed by atoms with Gasteiger partial charge in [0.25, 0.3) is 0 Å². The van der Waals surface area contributed by atoms with Crippen LogP contribution in [-0.2, 0) is 36.8 Å². The molecule has 12 nitrogen and oxygen atoms in total. The third-order valence-electron chi connectivity index (χ3n) is 5.39. The Morgan fingerprint density at radius 3 is 1.65 bits per heavy atom. The number of nitrogens with one attached hydrogen (secondary N) is 3. The molecule has 0 saturated carbocycles. The zero-order valence-electron chi connectivity index (χ0n) is 20.0. The number of aliphatic hydroxyl groups is 1. The first-order chi connectivity index (χ1) is 17.6. The minimum Gasteiger partial charge on any atom is -0.480 e. The Bertz CT molecular complexity index is 1080. The fraction of sp³-hybridized carbons (Fsp3) is 0.320. The first-order valence-electron chi connectivity index (χ1n) is 11.5. The van der Waals surface area contributed by atoms with Crippen LogP contribution in [0.15, 0.2) is 60.7 Å². The molecule has 4 amide bonds. The van der Waals surface area contributed by atoms with E-state index in [0.29, 0.717) is 5.56 Å². The number of nitrogens with two attached hydrogens (primary N) is 2. The maximum absolute atomic E-state index is 13.1. The zero-order chi connectivity index (χ0) is 27.4. The van der Waals surface area contributed by atoms with E-state index in [9.17, 15) is 29.1 Å². The summed E-state index contributed by atoms with van der Waals surface area (Å²) >= 11 is 0. The molecule has 0 aliphatic heterocycles. The molecule has 0 bridgehead atoms. The van der Waals surface area contributed by atoms with Crippen molar-refractivity contribution in [3.05, 3.63) is 71.8 Å².